The normalized spacial score (nSPS) is 27.1. The van der Waals surface area contributed by atoms with E-state index in [1.807, 2.05) is 31.3 Å². The molecule has 3 aliphatic carbocycles. The predicted molar refractivity (Wildman–Crippen MR) is 126 cm³/mol. The van der Waals surface area contributed by atoms with Crippen LogP contribution in [0.5, 0.6) is 5.75 Å². The van der Waals surface area contributed by atoms with Crippen LogP contribution in [0.25, 0.3) is 10.9 Å². The average Bonchev–Trinajstić information content (AvgIpc) is 2.94. The van der Waals surface area contributed by atoms with Gasteiger partial charge in [-0.2, -0.15) is 13.2 Å². The van der Waals surface area contributed by atoms with Crippen LogP contribution in [0.4, 0.5) is 18.9 Å². The van der Waals surface area contributed by atoms with Gasteiger partial charge in [-0.1, -0.05) is 12.8 Å². The summed E-state index contributed by atoms with van der Waals surface area (Å²) >= 11 is 0. The lowest BCUT2D eigenvalue weighted by Gasteiger charge is -2.26. The second-order valence-corrected chi connectivity index (χ2v) is 10.6. The smallest absolute Gasteiger partial charge is 0.401 e. The van der Waals surface area contributed by atoms with Crippen molar-refractivity contribution in [1.29, 1.82) is 0 Å². The maximum absolute atomic E-state index is 12.4. The summed E-state index contributed by atoms with van der Waals surface area (Å²) in [6, 6.07) is 5.91. The first-order valence-corrected chi connectivity index (χ1v) is 12.6. The Morgan fingerprint density at radius 1 is 1.21 bits per heavy atom. The van der Waals surface area contributed by atoms with Crippen molar-refractivity contribution in [2.24, 2.45) is 23.2 Å². The molecule has 3 atom stereocenters. The van der Waals surface area contributed by atoms with E-state index in [1.54, 1.807) is 4.90 Å². The van der Waals surface area contributed by atoms with Crippen LogP contribution in [0, 0.1) is 23.2 Å². The second-order valence-electron chi connectivity index (χ2n) is 10.6. The van der Waals surface area contributed by atoms with Gasteiger partial charge in [-0.15, -0.1) is 0 Å². The molecular formula is C26H34F3N3O2. The average molecular weight is 478 g/mol. The van der Waals surface area contributed by atoms with Crippen molar-refractivity contribution in [3.05, 3.63) is 24.4 Å². The third-order valence-electron chi connectivity index (χ3n) is 8.28. The number of aromatic amines is 1. The zero-order valence-corrected chi connectivity index (χ0v) is 19.7. The predicted octanol–water partition coefficient (Wildman–Crippen LogP) is 5.98. The highest BCUT2D eigenvalue weighted by molar-refractivity contribution is 6.03. The van der Waals surface area contributed by atoms with Gasteiger partial charge in [-0.05, 0) is 74.5 Å². The number of ether oxygens (including phenoxy) is 1. The van der Waals surface area contributed by atoms with Gasteiger partial charge in [0.15, 0.2) is 0 Å². The molecule has 186 valence electrons. The van der Waals surface area contributed by atoms with Crippen molar-refractivity contribution < 1.29 is 22.7 Å². The molecule has 2 N–H and O–H groups in total. The minimum absolute atomic E-state index is 0.178. The summed E-state index contributed by atoms with van der Waals surface area (Å²) in [6.07, 6.45) is 6.17. The largest absolute Gasteiger partial charge is 0.494 e. The number of likely N-dealkylation sites (tertiary alicyclic amines) is 1. The number of hydrogen-bond donors (Lipinski definition) is 2. The van der Waals surface area contributed by atoms with Gasteiger partial charge in [-0.25, -0.2) is 0 Å². The van der Waals surface area contributed by atoms with Crippen LogP contribution in [-0.4, -0.2) is 48.2 Å². The number of carbonyl (C=O) groups is 1. The van der Waals surface area contributed by atoms with E-state index in [0.29, 0.717) is 36.9 Å². The molecule has 4 fully saturated rings. The fourth-order valence-corrected chi connectivity index (χ4v) is 6.30. The molecule has 1 unspecified atom stereocenters. The second kappa shape index (κ2) is 9.10. The van der Waals surface area contributed by atoms with E-state index < -0.39 is 12.7 Å². The van der Waals surface area contributed by atoms with Crippen molar-refractivity contribution in [1.82, 2.24) is 9.88 Å². The van der Waals surface area contributed by atoms with E-state index in [9.17, 15) is 18.0 Å². The maximum Gasteiger partial charge on any atom is 0.401 e. The van der Waals surface area contributed by atoms with Crippen molar-refractivity contribution in [2.45, 2.75) is 58.0 Å². The number of nitrogens with zero attached hydrogens (tertiary/aromatic N) is 1. The number of H-pyrrole nitrogens is 1. The number of benzene rings is 1. The molecule has 2 heterocycles. The summed E-state index contributed by atoms with van der Waals surface area (Å²) in [5.41, 5.74) is 2.24. The molecule has 4 aliphatic rings. The third-order valence-corrected chi connectivity index (χ3v) is 8.28. The van der Waals surface area contributed by atoms with Crippen molar-refractivity contribution in [3.63, 3.8) is 0 Å². The lowest BCUT2D eigenvalue weighted by molar-refractivity contribution is -0.144. The number of alkyl halides is 3. The number of fused-ring (bicyclic) bond motifs is 2. The maximum atomic E-state index is 12.4. The lowest BCUT2D eigenvalue weighted by atomic mass is 9.79. The summed E-state index contributed by atoms with van der Waals surface area (Å²) in [5, 5.41) is 4.11. The first kappa shape index (κ1) is 23.5. The molecule has 1 saturated heterocycles. The van der Waals surface area contributed by atoms with Crippen LogP contribution >= 0.6 is 0 Å². The van der Waals surface area contributed by atoms with Gasteiger partial charge in [0, 0.05) is 36.1 Å². The molecule has 3 saturated carbocycles. The highest BCUT2D eigenvalue weighted by Crippen LogP contribution is 2.65. The van der Waals surface area contributed by atoms with Crippen LogP contribution in [0.2, 0.25) is 0 Å². The van der Waals surface area contributed by atoms with E-state index in [4.69, 9.17) is 4.74 Å². The Kier molecular flexibility index (Phi) is 6.29. The molecule has 8 heteroatoms. The fraction of sp³-hybridized carbons (Fsp3) is 0.654. The molecule has 6 rings (SSSR count). The molecule has 1 aliphatic heterocycles. The highest BCUT2D eigenvalue weighted by atomic mass is 19.4. The number of hydrogen-bond acceptors (Lipinski definition) is 3. The van der Waals surface area contributed by atoms with Crippen LogP contribution in [0.1, 0.15) is 51.9 Å². The van der Waals surface area contributed by atoms with Gasteiger partial charge in [0.2, 0.25) is 5.91 Å². The van der Waals surface area contributed by atoms with E-state index >= 15 is 0 Å². The lowest BCUT2D eigenvalue weighted by Crippen LogP contribution is -2.33. The Labute approximate surface area is 198 Å². The van der Waals surface area contributed by atoms with Gasteiger partial charge < -0.3 is 15.0 Å². The van der Waals surface area contributed by atoms with Gasteiger partial charge in [0.05, 0.1) is 18.8 Å². The van der Waals surface area contributed by atoms with Gasteiger partial charge >= 0.3 is 6.18 Å². The quantitative estimate of drug-likeness (QED) is 0.557. The third kappa shape index (κ3) is 4.92. The van der Waals surface area contributed by atoms with Crippen molar-refractivity contribution >= 4 is 22.5 Å². The minimum Gasteiger partial charge on any atom is -0.494 e. The molecule has 1 spiro atoms. The minimum atomic E-state index is -4.02. The van der Waals surface area contributed by atoms with Gasteiger partial charge in [0.1, 0.15) is 5.75 Å². The zero-order valence-electron chi connectivity index (χ0n) is 19.7. The van der Waals surface area contributed by atoms with Crippen LogP contribution in [-0.2, 0) is 4.79 Å². The Bertz CT molecular complexity index is 1020. The van der Waals surface area contributed by atoms with Crippen LogP contribution < -0.4 is 10.1 Å². The number of anilines is 1. The van der Waals surface area contributed by atoms with E-state index in [-0.39, 0.29) is 11.8 Å². The Balaban J connectivity index is 0.000000159. The number of nitrogens with one attached hydrogen (secondary N) is 2. The Morgan fingerprint density at radius 2 is 1.94 bits per heavy atom. The first-order valence-electron chi connectivity index (χ1n) is 12.6. The standard InChI is InChI=1S/C17H20N2O2.C9H14F3N/c1-2-21-11-4-5-14-12(8-11)15(10-18-14)19-16(20)13-9-17(13)6-3-7-17;10-9(11,12)6-13-4-7-2-1-3-8(7)5-13/h4-5,8,10,13,18H,2-3,6-7,9H2,1H3,(H,19,20);7-8H,1-6H2/t;7-,8+. The van der Waals surface area contributed by atoms with Gasteiger partial charge in [-0.3, -0.25) is 9.69 Å². The molecule has 1 amide bonds. The molecule has 34 heavy (non-hydrogen) atoms. The number of aromatic nitrogens is 1. The molecule has 0 bridgehead atoms. The summed E-state index contributed by atoms with van der Waals surface area (Å²) in [4.78, 5) is 17.1. The zero-order chi connectivity index (χ0) is 23.9. The Hall–Kier alpha value is -2.22. The molecule has 1 aromatic heterocycles. The van der Waals surface area contributed by atoms with Crippen molar-refractivity contribution in [2.75, 3.05) is 31.6 Å². The number of amides is 1. The molecule has 2 aromatic rings. The van der Waals surface area contributed by atoms with E-state index in [1.165, 1.54) is 25.7 Å². The topological polar surface area (TPSA) is 57.4 Å². The summed E-state index contributed by atoms with van der Waals surface area (Å²) in [5.74, 6) is 2.36. The van der Waals surface area contributed by atoms with E-state index in [0.717, 1.165) is 41.6 Å². The summed E-state index contributed by atoms with van der Waals surface area (Å²) in [7, 11) is 0. The molecule has 1 aromatic carbocycles. The SMILES string of the molecule is CCOc1ccc2[nH]cc(NC(=O)C3CC34CCC4)c2c1.FC(F)(F)CN1C[C@H]2CCC[C@H]2C1. The number of rotatable bonds is 5. The highest BCUT2D eigenvalue weighted by Gasteiger charge is 2.60. The monoisotopic (exact) mass is 477 g/mol. The van der Waals surface area contributed by atoms with Gasteiger partial charge in [0.25, 0.3) is 0 Å². The summed E-state index contributed by atoms with van der Waals surface area (Å²) < 4.78 is 41.7. The molecular weight excluding hydrogens is 443 g/mol. The summed E-state index contributed by atoms with van der Waals surface area (Å²) in [6.45, 7) is 3.24. The van der Waals surface area contributed by atoms with E-state index in [2.05, 4.69) is 10.3 Å². The van der Waals surface area contributed by atoms with Crippen LogP contribution in [0.15, 0.2) is 24.4 Å². The fourth-order valence-electron chi connectivity index (χ4n) is 6.30. The first-order chi connectivity index (χ1) is 16.3. The molecule has 5 nitrogen and oxygen atoms in total. The van der Waals surface area contributed by atoms with Crippen LogP contribution in [0.3, 0.4) is 0 Å². The van der Waals surface area contributed by atoms with Crippen molar-refractivity contribution in [3.8, 4) is 5.75 Å². The number of carbonyl (C=O) groups excluding carboxylic acids is 1. The number of halogens is 3. The molecule has 0 radical (unpaired) electrons. The Morgan fingerprint density at radius 3 is 2.53 bits per heavy atom.